The van der Waals surface area contributed by atoms with Gasteiger partial charge in [-0.15, -0.1) is 0 Å². The van der Waals surface area contributed by atoms with E-state index in [0.717, 1.165) is 32.1 Å². The van der Waals surface area contributed by atoms with Crippen LogP contribution in [0.25, 0.3) is 0 Å². The summed E-state index contributed by atoms with van der Waals surface area (Å²) < 4.78 is 16.4. The molecule has 2 atom stereocenters. The molecule has 274 valence electrons. The first-order valence-electron chi connectivity index (χ1n) is 20.1. The highest BCUT2D eigenvalue weighted by atomic mass is 16.6. The fraction of sp³-hybridized carbons (Fsp3) is 0.950. The third kappa shape index (κ3) is 34.2. The molecule has 2 unspecified atom stereocenters. The molecule has 0 radical (unpaired) electrons. The van der Waals surface area contributed by atoms with Crippen molar-refractivity contribution in [2.75, 3.05) is 19.8 Å². The van der Waals surface area contributed by atoms with Crippen LogP contribution in [0.2, 0.25) is 0 Å². The first kappa shape index (κ1) is 44.9. The van der Waals surface area contributed by atoms with Gasteiger partial charge in [-0.2, -0.15) is 0 Å². The van der Waals surface area contributed by atoms with E-state index in [-0.39, 0.29) is 31.9 Å². The van der Waals surface area contributed by atoms with Crippen LogP contribution < -0.4 is 0 Å². The van der Waals surface area contributed by atoms with E-state index in [1.165, 1.54) is 161 Å². The zero-order valence-electron chi connectivity index (χ0n) is 31.0. The molecule has 0 heterocycles. The summed E-state index contributed by atoms with van der Waals surface area (Å²) in [6.45, 7) is 5.78. The lowest BCUT2D eigenvalue weighted by Gasteiger charge is -2.18. The van der Waals surface area contributed by atoms with E-state index >= 15 is 0 Å². The summed E-state index contributed by atoms with van der Waals surface area (Å²) in [6.07, 6.45) is 37.1. The van der Waals surface area contributed by atoms with Gasteiger partial charge >= 0.3 is 11.9 Å². The van der Waals surface area contributed by atoms with Gasteiger partial charge in [0.25, 0.3) is 0 Å². The molecule has 0 saturated heterocycles. The Hall–Kier alpha value is -1.14. The number of aliphatic hydroxyl groups excluding tert-OH is 1. The molecule has 0 rings (SSSR count). The molecular weight excluding hydrogens is 576 g/mol. The van der Waals surface area contributed by atoms with Crippen LogP contribution >= 0.6 is 0 Å². The largest absolute Gasteiger partial charge is 0.460 e. The summed E-state index contributed by atoms with van der Waals surface area (Å²) in [4.78, 5) is 23.9. The monoisotopic (exact) mass is 655 g/mol. The molecule has 46 heavy (non-hydrogen) atoms. The second kappa shape index (κ2) is 36.7. The molecule has 6 heteroatoms. The number of hydrogen-bond donors (Lipinski definition) is 1. The van der Waals surface area contributed by atoms with Gasteiger partial charge in [-0.1, -0.05) is 181 Å². The molecule has 0 bridgehead atoms. The number of carbonyl (C=O) groups is 2. The van der Waals surface area contributed by atoms with Crippen LogP contribution in [0.1, 0.15) is 213 Å². The fourth-order valence-electron chi connectivity index (χ4n) is 6.23. The quantitative estimate of drug-likeness (QED) is 0.0530. The SMILES string of the molecule is CCCCCCCCCCCCCCCCC(COCC(=O)OC(CO)CCCCCCCCCCCCCCCC)OC(C)=O. The van der Waals surface area contributed by atoms with Crippen molar-refractivity contribution in [3.63, 3.8) is 0 Å². The highest BCUT2D eigenvalue weighted by molar-refractivity contribution is 5.70. The number of rotatable bonds is 37. The van der Waals surface area contributed by atoms with Gasteiger partial charge in [0.05, 0.1) is 13.2 Å². The average molecular weight is 655 g/mol. The van der Waals surface area contributed by atoms with Gasteiger partial charge in [-0.3, -0.25) is 4.79 Å². The Balaban J connectivity index is 3.79. The highest BCUT2D eigenvalue weighted by Crippen LogP contribution is 2.16. The molecule has 6 nitrogen and oxygen atoms in total. The lowest BCUT2D eigenvalue weighted by molar-refractivity contribution is -0.160. The lowest BCUT2D eigenvalue weighted by Crippen LogP contribution is -2.27. The first-order chi connectivity index (χ1) is 22.5. The fourth-order valence-corrected chi connectivity index (χ4v) is 6.23. The molecule has 0 amide bonds. The maximum Gasteiger partial charge on any atom is 0.332 e. The molecule has 1 N–H and O–H groups in total. The van der Waals surface area contributed by atoms with Gasteiger partial charge < -0.3 is 19.3 Å². The molecule has 0 aliphatic carbocycles. The Morgan fingerprint density at radius 3 is 1.13 bits per heavy atom. The van der Waals surface area contributed by atoms with E-state index in [2.05, 4.69) is 13.8 Å². The molecule has 0 aromatic heterocycles. The minimum Gasteiger partial charge on any atom is -0.460 e. The van der Waals surface area contributed by atoms with Crippen LogP contribution in [0.15, 0.2) is 0 Å². The zero-order valence-corrected chi connectivity index (χ0v) is 31.0. The van der Waals surface area contributed by atoms with Gasteiger partial charge in [0.1, 0.15) is 18.8 Å². The summed E-state index contributed by atoms with van der Waals surface area (Å²) in [5, 5.41) is 9.67. The second-order valence-corrected chi connectivity index (χ2v) is 13.8. The summed E-state index contributed by atoms with van der Waals surface area (Å²) in [6, 6.07) is 0. The van der Waals surface area contributed by atoms with Gasteiger partial charge in [0, 0.05) is 6.92 Å². The van der Waals surface area contributed by atoms with Crippen LogP contribution in [0.3, 0.4) is 0 Å². The van der Waals surface area contributed by atoms with E-state index < -0.39 is 12.1 Å². The van der Waals surface area contributed by atoms with Crippen molar-refractivity contribution in [3.8, 4) is 0 Å². The van der Waals surface area contributed by atoms with E-state index in [0.29, 0.717) is 6.42 Å². The Bertz CT molecular complexity index is 639. The van der Waals surface area contributed by atoms with Crippen molar-refractivity contribution in [1.82, 2.24) is 0 Å². The van der Waals surface area contributed by atoms with Crippen LogP contribution in [-0.4, -0.2) is 49.1 Å². The van der Waals surface area contributed by atoms with Crippen LogP contribution in [0.5, 0.6) is 0 Å². The van der Waals surface area contributed by atoms with E-state index in [4.69, 9.17) is 14.2 Å². The predicted molar refractivity (Wildman–Crippen MR) is 193 cm³/mol. The molecule has 0 saturated carbocycles. The number of carbonyl (C=O) groups excluding carboxylic acids is 2. The van der Waals surface area contributed by atoms with Gasteiger partial charge in [0.2, 0.25) is 0 Å². The van der Waals surface area contributed by atoms with Crippen molar-refractivity contribution in [3.05, 3.63) is 0 Å². The van der Waals surface area contributed by atoms with E-state index in [1.54, 1.807) is 0 Å². The summed E-state index contributed by atoms with van der Waals surface area (Å²) in [5.74, 6) is -0.794. The number of unbranched alkanes of at least 4 members (excludes halogenated alkanes) is 26. The number of ether oxygens (including phenoxy) is 3. The Kier molecular flexibility index (Phi) is 35.8. The summed E-state index contributed by atoms with van der Waals surface area (Å²) in [7, 11) is 0. The maximum absolute atomic E-state index is 12.3. The van der Waals surface area contributed by atoms with Gasteiger partial charge in [0.15, 0.2) is 0 Å². The van der Waals surface area contributed by atoms with Crippen molar-refractivity contribution >= 4 is 11.9 Å². The molecule has 0 fully saturated rings. The van der Waals surface area contributed by atoms with Crippen molar-refractivity contribution in [2.24, 2.45) is 0 Å². The van der Waals surface area contributed by atoms with Crippen LogP contribution in [0, 0.1) is 0 Å². The first-order valence-corrected chi connectivity index (χ1v) is 20.1. The molecule has 0 aliphatic rings. The average Bonchev–Trinajstić information content (AvgIpc) is 3.04. The molecular formula is C40H78O6. The normalized spacial score (nSPS) is 12.7. The van der Waals surface area contributed by atoms with E-state index in [9.17, 15) is 14.7 Å². The summed E-state index contributed by atoms with van der Waals surface area (Å²) in [5.41, 5.74) is 0. The molecule has 0 aromatic carbocycles. The zero-order chi connectivity index (χ0) is 33.8. The highest BCUT2D eigenvalue weighted by Gasteiger charge is 2.16. The number of esters is 2. The molecule has 0 aromatic rings. The Labute approximate surface area is 285 Å². The van der Waals surface area contributed by atoms with Crippen molar-refractivity contribution in [2.45, 2.75) is 226 Å². The smallest absolute Gasteiger partial charge is 0.332 e. The topological polar surface area (TPSA) is 82.1 Å². The standard InChI is InChI=1S/C40H78O6/c1-4-6-8-10-12-14-16-18-20-22-24-26-28-30-32-38(34-41)46-40(43)36-44-35-39(45-37(3)42)33-31-29-27-25-23-21-19-17-15-13-11-9-7-5-2/h38-39,41H,4-36H2,1-3H3. The maximum atomic E-state index is 12.3. The number of aliphatic hydroxyl groups is 1. The minimum absolute atomic E-state index is 0.167. The summed E-state index contributed by atoms with van der Waals surface area (Å²) >= 11 is 0. The molecule has 0 spiro atoms. The lowest BCUT2D eigenvalue weighted by atomic mass is 10.0. The van der Waals surface area contributed by atoms with Crippen LogP contribution in [-0.2, 0) is 23.8 Å². The van der Waals surface area contributed by atoms with Crippen LogP contribution in [0.4, 0.5) is 0 Å². The third-order valence-electron chi connectivity index (χ3n) is 9.12. The minimum atomic E-state index is -0.478. The van der Waals surface area contributed by atoms with Crippen molar-refractivity contribution in [1.29, 1.82) is 0 Å². The third-order valence-corrected chi connectivity index (χ3v) is 9.12. The Morgan fingerprint density at radius 2 is 0.804 bits per heavy atom. The van der Waals surface area contributed by atoms with E-state index in [1.807, 2.05) is 0 Å². The molecule has 0 aliphatic heterocycles. The second-order valence-electron chi connectivity index (χ2n) is 13.8. The van der Waals surface area contributed by atoms with Crippen molar-refractivity contribution < 1.29 is 28.9 Å². The van der Waals surface area contributed by atoms with Gasteiger partial charge in [-0.25, -0.2) is 4.79 Å². The predicted octanol–water partition coefficient (Wildman–Crippen LogP) is 11.6. The number of hydrogen-bond acceptors (Lipinski definition) is 6. The van der Waals surface area contributed by atoms with Gasteiger partial charge in [-0.05, 0) is 25.7 Å². The Morgan fingerprint density at radius 1 is 0.478 bits per heavy atom.